The molecule has 0 aromatic carbocycles. The maximum absolute atomic E-state index is 11.6. The summed E-state index contributed by atoms with van der Waals surface area (Å²) in [7, 11) is 0. The zero-order valence-corrected chi connectivity index (χ0v) is 11.5. The summed E-state index contributed by atoms with van der Waals surface area (Å²) in [6.45, 7) is 6.51. The van der Waals surface area contributed by atoms with Gasteiger partial charge in [0.1, 0.15) is 0 Å². The van der Waals surface area contributed by atoms with Gasteiger partial charge in [0.15, 0.2) is 5.78 Å². The number of carbonyl (C=O) groups is 1. The number of rotatable bonds is 4. The molecule has 88 valence electrons. The number of hydrogen-bond acceptors (Lipinski definition) is 3. The van der Waals surface area contributed by atoms with E-state index >= 15 is 0 Å². The van der Waals surface area contributed by atoms with Crippen LogP contribution in [-0.4, -0.2) is 22.9 Å². The molecule has 4 heteroatoms. The van der Waals surface area contributed by atoms with E-state index in [1.54, 1.807) is 6.20 Å². The molecule has 0 aliphatic carbocycles. The van der Waals surface area contributed by atoms with Crippen LogP contribution in [-0.2, 0) is 11.2 Å². The maximum Gasteiger partial charge on any atom is 0.152 e. The molecule has 0 saturated heterocycles. The maximum atomic E-state index is 11.6. The lowest BCUT2D eigenvalue weighted by Crippen LogP contribution is -2.39. The number of nitrogens with one attached hydrogen (secondary N) is 1. The second-order valence-electron chi connectivity index (χ2n) is 4.79. The average Bonchev–Trinajstić information content (AvgIpc) is 2.18. The minimum absolute atomic E-state index is 0.0250. The molecule has 16 heavy (non-hydrogen) atoms. The first-order valence-electron chi connectivity index (χ1n) is 5.24. The number of carbonyl (C=O) groups excluding carboxylic acids is 1. The van der Waals surface area contributed by atoms with Crippen molar-refractivity contribution in [2.24, 2.45) is 0 Å². The lowest BCUT2D eigenvalue weighted by molar-refractivity contribution is -0.117. The summed E-state index contributed by atoms with van der Waals surface area (Å²) in [5.74, 6) is 0.157. The van der Waals surface area contributed by atoms with Crippen LogP contribution in [0.25, 0.3) is 0 Å². The van der Waals surface area contributed by atoms with Gasteiger partial charge in [0, 0.05) is 21.9 Å². The van der Waals surface area contributed by atoms with Gasteiger partial charge in [-0.1, -0.05) is 0 Å². The number of Topliss-reactive ketones (excluding diaryl/α,β-unsaturated/α-hetero) is 1. The minimum Gasteiger partial charge on any atom is -0.305 e. The summed E-state index contributed by atoms with van der Waals surface area (Å²) in [5.41, 5.74) is 0.784. The molecule has 0 fully saturated rings. The third-order valence-corrected chi connectivity index (χ3v) is 2.45. The largest absolute Gasteiger partial charge is 0.305 e. The Bertz CT molecular complexity index is 354. The quantitative estimate of drug-likeness (QED) is 0.923. The molecular weight excluding hydrogens is 268 g/mol. The number of halogens is 1. The van der Waals surface area contributed by atoms with E-state index in [0.717, 1.165) is 10.2 Å². The molecule has 1 aromatic heterocycles. The predicted octanol–water partition coefficient (Wildman–Crippen LogP) is 2.34. The molecule has 0 bridgehead atoms. The van der Waals surface area contributed by atoms with Crippen LogP contribution < -0.4 is 5.32 Å². The van der Waals surface area contributed by atoms with Crippen molar-refractivity contribution in [3.05, 3.63) is 28.5 Å². The number of ketones is 1. The van der Waals surface area contributed by atoms with Gasteiger partial charge in [0.25, 0.3) is 0 Å². The Hall–Kier alpha value is -0.740. The van der Waals surface area contributed by atoms with Gasteiger partial charge in [-0.3, -0.25) is 9.78 Å². The fourth-order valence-corrected chi connectivity index (χ4v) is 1.37. The van der Waals surface area contributed by atoms with E-state index in [1.807, 2.05) is 32.9 Å². The number of pyridine rings is 1. The number of aromatic nitrogens is 1. The highest BCUT2D eigenvalue weighted by molar-refractivity contribution is 9.10. The molecule has 1 rings (SSSR count). The van der Waals surface area contributed by atoms with E-state index in [0.29, 0.717) is 13.0 Å². The first-order valence-corrected chi connectivity index (χ1v) is 6.03. The van der Waals surface area contributed by atoms with Crippen molar-refractivity contribution in [2.75, 3.05) is 6.54 Å². The van der Waals surface area contributed by atoms with Crippen LogP contribution in [0.1, 0.15) is 26.5 Å². The highest BCUT2D eigenvalue weighted by atomic mass is 79.9. The fraction of sp³-hybridized carbons (Fsp3) is 0.500. The van der Waals surface area contributed by atoms with Gasteiger partial charge in [0.2, 0.25) is 0 Å². The summed E-state index contributed by atoms with van der Waals surface area (Å²) >= 11 is 3.31. The molecular formula is C12H17BrN2O. The van der Waals surface area contributed by atoms with E-state index in [-0.39, 0.29) is 11.3 Å². The van der Waals surface area contributed by atoms with Crippen LogP contribution in [0.4, 0.5) is 0 Å². The molecule has 0 aliphatic rings. The first kappa shape index (κ1) is 13.3. The van der Waals surface area contributed by atoms with Crippen LogP contribution in [0, 0.1) is 0 Å². The molecule has 0 amide bonds. The van der Waals surface area contributed by atoms with E-state index in [4.69, 9.17) is 0 Å². The molecule has 0 unspecified atom stereocenters. The zero-order valence-electron chi connectivity index (χ0n) is 9.88. The number of nitrogens with zero attached hydrogens (tertiary/aromatic N) is 1. The Kier molecular flexibility index (Phi) is 4.62. The third-order valence-electron chi connectivity index (χ3n) is 1.98. The van der Waals surface area contributed by atoms with Crippen LogP contribution in [0.15, 0.2) is 22.8 Å². The lowest BCUT2D eigenvalue weighted by atomic mass is 10.1. The van der Waals surface area contributed by atoms with Crippen molar-refractivity contribution in [1.29, 1.82) is 0 Å². The molecule has 0 saturated carbocycles. The van der Waals surface area contributed by atoms with Gasteiger partial charge in [0.05, 0.1) is 13.0 Å². The van der Waals surface area contributed by atoms with Gasteiger partial charge in [-0.15, -0.1) is 0 Å². The van der Waals surface area contributed by atoms with E-state index in [2.05, 4.69) is 26.2 Å². The SMILES string of the molecule is CC(C)(C)NCC(=O)Cc1ccc(Br)cn1. The van der Waals surface area contributed by atoms with Gasteiger partial charge < -0.3 is 5.32 Å². The second kappa shape index (κ2) is 5.55. The monoisotopic (exact) mass is 284 g/mol. The Morgan fingerprint density at radius 1 is 1.44 bits per heavy atom. The summed E-state index contributed by atoms with van der Waals surface area (Å²) in [6.07, 6.45) is 2.09. The topological polar surface area (TPSA) is 42.0 Å². The van der Waals surface area contributed by atoms with Crippen molar-refractivity contribution in [3.63, 3.8) is 0 Å². The molecule has 0 atom stereocenters. The van der Waals surface area contributed by atoms with Crippen LogP contribution in [0.3, 0.4) is 0 Å². The van der Waals surface area contributed by atoms with Crippen molar-refractivity contribution in [3.8, 4) is 0 Å². The summed E-state index contributed by atoms with van der Waals surface area (Å²) in [4.78, 5) is 15.8. The van der Waals surface area contributed by atoms with Crippen LogP contribution in [0.5, 0.6) is 0 Å². The summed E-state index contributed by atoms with van der Waals surface area (Å²) in [5, 5.41) is 3.17. The second-order valence-corrected chi connectivity index (χ2v) is 5.70. The highest BCUT2D eigenvalue weighted by Gasteiger charge is 2.11. The smallest absolute Gasteiger partial charge is 0.152 e. The standard InChI is InChI=1S/C12H17BrN2O/c1-12(2,3)15-8-11(16)6-10-5-4-9(13)7-14-10/h4-5,7,15H,6,8H2,1-3H3. The van der Waals surface area contributed by atoms with Crippen molar-refractivity contribution < 1.29 is 4.79 Å². The molecule has 3 nitrogen and oxygen atoms in total. The molecule has 1 aromatic rings. The Balaban J connectivity index is 2.43. The minimum atomic E-state index is -0.0250. The van der Waals surface area contributed by atoms with Gasteiger partial charge in [-0.2, -0.15) is 0 Å². The Morgan fingerprint density at radius 2 is 2.12 bits per heavy atom. The molecule has 0 aliphatic heterocycles. The van der Waals surface area contributed by atoms with Gasteiger partial charge in [-0.05, 0) is 48.8 Å². The normalized spacial score (nSPS) is 11.5. The zero-order chi connectivity index (χ0) is 12.2. The predicted molar refractivity (Wildman–Crippen MR) is 68.4 cm³/mol. The summed E-state index contributed by atoms with van der Waals surface area (Å²) in [6, 6.07) is 3.76. The van der Waals surface area contributed by atoms with E-state index in [9.17, 15) is 4.79 Å². The van der Waals surface area contributed by atoms with E-state index < -0.39 is 0 Å². The third kappa shape index (κ3) is 5.37. The van der Waals surface area contributed by atoms with Crippen molar-refractivity contribution in [1.82, 2.24) is 10.3 Å². The lowest BCUT2D eigenvalue weighted by Gasteiger charge is -2.19. The highest BCUT2D eigenvalue weighted by Crippen LogP contribution is 2.08. The Morgan fingerprint density at radius 3 is 2.62 bits per heavy atom. The van der Waals surface area contributed by atoms with Gasteiger partial charge >= 0.3 is 0 Å². The van der Waals surface area contributed by atoms with E-state index in [1.165, 1.54) is 0 Å². The van der Waals surface area contributed by atoms with Gasteiger partial charge in [-0.25, -0.2) is 0 Å². The van der Waals surface area contributed by atoms with Crippen LogP contribution >= 0.6 is 15.9 Å². The van der Waals surface area contributed by atoms with Crippen molar-refractivity contribution in [2.45, 2.75) is 32.7 Å². The molecule has 1 heterocycles. The molecule has 1 N–H and O–H groups in total. The fourth-order valence-electron chi connectivity index (χ4n) is 1.14. The first-order chi connectivity index (χ1) is 7.37. The average molecular weight is 285 g/mol. The Labute approximate surface area is 105 Å². The molecule has 0 spiro atoms. The van der Waals surface area contributed by atoms with Crippen molar-refractivity contribution >= 4 is 21.7 Å². The van der Waals surface area contributed by atoms with Crippen LogP contribution in [0.2, 0.25) is 0 Å². The summed E-state index contributed by atoms with van der Waals surface area (Å²) < 4.78 is 0.927. The molecule has 0 radical (unpaired) electrons. The number of hydrogen-bond donors (Lipinski definition) is 1.